The van der Waals surface area contributed by atoms with Gasteiger partial charge in [0, 0.05) is 10.7 Å². The predicted octanol–water partition coefficient (Wildman–Crippen LogP) is 4.54. The van der Waals surface area contributed by atoms with Crippen molar-refractivity contribution in [1.29, 1.82) is 0 Å². The van der Waals surface area contributed by atoms with Gasteiger partial charge < -0.3 is 11.1 Å². The maximum absolute atomic E-state index is 6.00. The number of para-hydroxylation sites is 1. The molecule has 2 aromatic carbocycles. The summed E-state index contributed by atoms with van der Waals surface area (Å²) in [4.78, 5) is 0. The Hall–Kier alpha value is -1.67. The first kappa shape index (κ1) is 12.8. The normalized spacial score (nSPS) is 10.4. The summed E-state index contributed by atoms with van der Waals surface area (Å²) in [7, 11) is 0. The summed E-state index contributed by atoms with van der Waals surface area (Å²) in [5.41, 5.74) is 11.1. The van der Waals surface area contributed by atoms with Crippen molar-refractivity contribution in [2.75, 3.05) is 11.1 Å². The molecule has 0 fully saturated rings. The minimum Gasteiger partial charge on any atom is -0.397 e. The smallest absolute Gasteiger partial charge is 0.0633 e. The standard InChI is InChI=1S/C15H17ClN2/c1-3-11-6-4-5-10(2)15(11)18-14-9-12(16)7-8-13(14)17/h4-9,18H,3,17H2,1-2H3. The molecule has 3 N–H and O–H groups in total. The van der Waals surface area contributed by atoms with Gasteiger partial charge in [-0.05, 0) is 42.7 Å². The molecule has 18 heavy (non-hydrogen) atoms. The molecule has 0 aliphatic rings. The van der Waals surface area contributed by atoms with Crippen LogP contribution in [0, 0.1) is 6.92 Å². The third-order valence-electron chi connectivity index (χ3n) is 3.01. The van der Waals surface area contributed by atoms with Crippen molar-refractivity contribution in [3.05, 3.63) is 52.5 Å². The fourth-order valence-electron chi connectivity index (χ4n) is 1.97. The lowest BCUT2D eigenvalue weighted by Gasteiger charge is -2.15. The summed E-state index contributed by atoms with van der Waals surface area (Å²) in [5.74, 6) is 0. The van der Waals surface area contributed by atoms with Gasteiger partial charge >= 0.3 is 0 Å². The number of hydrogen-bond acceptors (Lipinski definition) is 2. The largest absolute Gasteiger partial charge is 0.397 e. The van der Waals surface area contributed by atoms with Gasteiger partial charge in [-0.25, -0.2) is 0 Å². The van der Waals surface area contributed by atoms with Gasteiger partial charge in [-0.2, -0.15) is 0 Å². The van der Waals surface area contributed by atoms with E-state index in [4.69, 9.17) is 17.3 Å². The van der Waals surface area contributed by atoms with Gasteiger partial charge in [-0.1, -0.05) is 36.7 Å². The van der Waals surface area contributed by atoms with Crippen molar-refractivity contribution in [1.82, 2.24) is 0 Å². The molecule has 0 aliphatic heterocycles. The Morgan fingerprint density at radius 2 is 2.00 bits per heavy atom. The van der Waals surface area contributed by atoms with Gasteiger partial charge in [0.05, 0.1) is 11.4 Å². The molecule has 3 heteroatoms. The van der Waals surface area contributed by atoms with Crippen LogP contribution in [0.5, 0.6) is 0 Å². The second kappa shape index (κ2) is 5.32. The SMILES string of the molecule is CCc1cccc(C)c1Nc1cc(Cl)ccc1N. The molecule has 2 nitrogen and oxygen atoms in total. The molecule has 0 bridgehead atoms. The van der Waals surface area contributed by atoms with E-state index in [1.54, 1.807) is 6.07 Å². The number of hydrogen-bond donors (Lipinski definition) is 2. The lowest BCUT2D eigenvalue weighted by atomic mass is 10.1. The Kier molecular flexibility index (Phi) is 3.78. The minimum absolute atomic E-state index is 0.679. The minimum atomic E-state index is 0.679. The van der Waals surface area contributed by atoms with Crippen molar-refractivity contribution in [2.45, 2.75) is 20.3 Å². The van der Waals surface area contributed by atoms with E-state index < -0.39 is 0 Å². The molecule has 0 spiro atoms. The van der Waals surface area contributed by atoms with Crippen LogP contribution < -0.4 is 11.1 Å². The van der Waals surface area contributed by atoms with Gasteiger partial charge in [-0.15, -0.1) is 0 Å². The molecule has 2 rings (SSSR count). The fraction of sp³-hybridized carbons (Fsp3) is 0.200. The maximum atomic E-state index is 6.00. The highest BCUT2D eigenvalue weighted by atomic mass is 35.5. The molecule has 0 radical (unpaired) electrons. The quantitative estimate of drug-likeness (QED) is 0.796. The zero-order valence-electron chi connectivity index (χ0n) is 10.6. The van der Waals surface area contributed by atoms with E-state index in [1.165, 1.54) is 11.1 Å². The molecule has 0 unspecified atom stereocenters. The summed E-state index contributed by atoms with van der Waals surface area (Å²) in [6.45, 7) is 4.23. The highest BCUT2D eigenvalue weighted by Gasteiger charge is 2.07. The Bertz CT molecular complexity index is 564. The van der Waals surface area contributed by atoms with Crippen LogP contribution in [0.1, 0.15) is 18.1 Å². The number of nitrogens with one attached hydrogen (secondary N) is 1. The first-order valence-electron chi connectivity index (χ1n) is 6.02. The third kappa shape index (κ3) is 2.59. The van der Waals surface area contributed by atoms with E-state index in [1.807, 2.05) is 12.1 Å². The molecule has 0 saturated carbocycles. The van der Waals surface area contributed by atoms with Crippen LogP contribution >= 0.6 is 11.6 Å². The van der Waals surface area contributed by atoms with Gasteiger partial charge in [0.25, 0.3) is 0 Å². The van der Waals surface area contributed by atoms with E-state index in [2.05, 4.69) is 37.4 Å². The molecular formula is C15H17ClN2. The van der Waals surface area contributed by atoms with Crippen molar-refractivity contribution in [3.63, 3.8) is 0 Å². The Labute approximate surface area is 113 Å². The van der Waals surface area contributed by atoms with E-state index >= 15 is 0 Å². The molecule has 0 atom stereocenters. The lowest BCUT2D eigenvalue weighted by Crippen LogP contribution is -2.01. The molecule has 0 aromatic heterocycles. The zero-order chi connectivity index (χ0) is 13.1. The monoisotopic (exact) mass is 260 g/mol. The Morgan fingerprint density at radius 3 is 2.72 bits per heavy atom. The summed E-state index contributed by atoms with van der Waals surface area (Å²) in [6, 6.07) is 11.7. The van der Waals surface area contributed by atoms with Gasteiger partial charge in [0.2, 0.25) is 0 Å². The van der Waals surface area contributed by atoms with Crippen LogP contribution in [0.3, 0.4) is 0 Å². The van der Waals surface area contributed by atoms with Gasteiger partial charge in [0.15, 0.2) is 0 Å². The van der Waals surface area contributed by atoms with E-state index in [0.29, 0.717) is 10.7 Å². The first-order chi connectivity index (χ1) is 8.61. The number of rotatable bonds is 3. The number of nitrogens with two attached hydrogens (primary N) is 1. The van der Waals surface area contributed by atoms with Crippen LogP contribution in [0.25, 0.3) is 0 Å². The van der Waals surface area contributed by atoms with Crippen molar-refractivity contribution in [3.8, 4) is 0 Å². The van der Waals surface area contributed by atoms with Crippen LogP contribution in [0.2, 0.25) is 5.02 Å². The van der Waals surface area contributed by atoms with Crippen molar-refractivity contribution < 1.29 is 0 Å². The highest BCUT2D eigenvalue weighted by Crippen LogP contribution is 2.30. The van der Waals surface area contributed by atoms with Crippen LogP contribution in [0.4, 0.5) is 17.1 Å². The zero-order valence-corrected chi connectivity index (χ0v) is 11.4. The molecule has 2 aromatic rings. The van der Waals surface area contributed by atoms with Crippen molar-refractivity contribution >= 4 is 28.7 Å². The second-order valence-electron chi connectivity index (χ2n) is 4.32. The van der Waals surface area contributed by atoms with E-state index in [-0.39, 0.29) is 0 Å². The first-order valence-corrected chi connectivity index (χ1v) is 6.40. The molecular weight excluding hydrogens is 244 g/mol. The molecule has 94 valence electrons. The third-order valence-corrected chi connectivity index (χ3v) is 3.25. The number of halogens is 1. The second-order valence-corrected chi connectivity index (χ2v) is 4.76. The summed E-state index contributed by atoms with van der Waals surface area (Å²) in [6.07, 6.45) is 0.977. The molecule has 0 aliphatic carbocycles. The average Bonchev–Trinajstić information content (AvgIpc) is 2.36. The van der Waals surface area contributed by atoms with Crippen molar-refractivity contribution in [2.24, 2.45) is 0 Å². The van der Waals surface area contributed by atoms with E-state index in [9.17, 15) is 0 Å². The van der Waals surface area contributed by atoms with Crippen LogP contribution in [-0.2, 0) is 6.42 Å². The average molecular weight is 261 g/mol. The Morgan fingerprint density at radius 1 is 1.22 bits per heavy atom. The molecule has 0 saturated heterocycles. The molecule has 0 amide bonds. The number of benzene rings is 2. The number of aryl methyl sites for hydroxylation is 2. The summed E-state index contributed by atoms with van der Waals surface area (Å²) >= 11 is 6.00. The highest BCUT2D eigenvalue weighted by molar-refractivity contribution is 6.31. The summed E-state index contributed by atoms with van der Waals surface area (Å²) in [5, 5.41) is 4.07. The Balaban J connectivity index is 2.42. The summed E-state index contributed by atoms with van der Waals surface area (Å²) < 4.78 is 0. The van der Waals surface area contributed by atoms with Gasteiger partial charge in [-0.3, -0.25) is 0 Å². The van der Waals surface area contributed by atoms with Crippen LogP contribution in [-0.4, -0.2) is 0 Å². The van der Waals surface area contributed by atoms with Gasteiger partial charge in [0.1, 0.15) is 0 Å². The number of nitrogen functional groups attached to an aromatic ring is 1. The lowest BCUT2D eigenvalue weighted by molar-refractivity contribution is 1.13. The predicted molar refractivity (Wildman–Crippen MR) is 79.7 cm³/mol. The fourth-order valence-corrected chi connectivity index (χ4v) is 2.15. The number of anilines is 3. The van der Waals surface area contributed by atoms with Crippen LogP contribution in [0.15, 0.2) is 36.4 Å². The molecule has 0 heterocycles. The topological polar surface area (TPSA) is 38.0 Å². The van der Waals surface area contributed by atoms with E-state index in [0.717, 1.165) is 17.8 Å². The maximum Gasteiger partial charge on any atom is 0.0633 e.